The van der Waals surface area contributed by atoms with Crippen LogP contribution in [0, 0.1) is 0 Å². The second kappa shape index (κ2) is 11.2. The Labute approximate surface area is 221 Å². The van der Waals surface area contributed by atoms with Gasteiger partial charge in [0.15, 0.2) is 28.7 Å². The van der Waals surface area contributed by atoms with Crippen molar-refractivity contribution in [2.75, 3.05) is 28.4 Å². The molecule has 0 unspecified atom stereocenters. The Balaban J connectivity index is 1.58. The first kappa shape index (κ1) is 25.8. The molecule has 0 amide bonds. The van der Waals surface area contributed by atoms with Crippen molar-refractivity contribution in [2.24, 2.45) is 4.99 Å². The predicted octanol–water partition coefficient (Wildman–Crippen LogP) is 5.05. The maximum Gasteiger partial charge on any atom is 0.363 e. The molecule has 1 aliphatic heterocycles. The van der Waals surface area contributed by atoms with Crippen molar-refractivity contribution in [3.63, 3.8) is 0 Å². The first-order valence-electron chi connectivity index (χ1n) is 10.9. The highest BCUT2D eigenvalue weighted by Crippen LogP contribution is 2.39. The largest absolute Gasteiger partial charge is 0.493 e. The number of methoxy groups -OCH3 is 4. The zero-order chi connectivity index (χ0) is 26.5. The first-order valence-corrected chi connectivity index (χ1v) is 11.6. The molecule has 0 aliphatic carbocycles. The summed E-state index contributed by atoms with van der Waals surface area (Å²) in [4.78, 5) is 29.6. The molecule has 0 aromatic heterocycles. The van der Waals surface area contributed by atoms with Crippen LogP contribution in [0.1, 0.15) is 21.5 Å². The van der Waals surface area contributed by atoms with E-state index in [-0.39, 0.29) is 28.7 Å². The van der Waals surface area contributed by atoms with E-state index < -0.39 is 11.9 Å². The Morgan fingerprint density at radius 1 is 0.838 bits per heavy atom. The van der Waals surface area contributed by atoms with E-state index in [1.807, 2.05) is 12.1 Å². The second-order valence-electron chi connectivity index (χ2n) is 7.56. The summed E-state index contributed by atoms with van der Waals surface area (Å²) in [6.07, 6.45) is 1.56. The fourth-order valence-corrected chi connectivity index (χ4v) is 3.76. The van der Waals surface area contributed by atoms with Crippen molar-refractivity contribution in [1.29, 1.82) is 0 Å². The number of carbonyl (C=O) groups excluding carboxylic acids is 2. The van der Waals surface area contributed by atoms with Crippen LogP contribution >= 0.6 is 15.9 Å². The number of benzene rings is 3. The van der Waals surface area contributed by atoms with Crippen LogP contribution in [-0.2, 0) is 9.53 Å². The van der Waals surface area contributed by atoms with Gasteiger partial charge in [-0.25, -0.2) is 14.6 Å². The topological polar surface area (TPSA) is 102 Å². The lowest BCUT2D eigenvalue weighted by molar-refractivity contribution is -0.129. The molecule has 9 nitrogen and oxygen atoms in total. The number of rotatable bonds is 8. The number of halogens is 1. The van der Waals surface area contributed by atoms with Crippen molar-refractivity contribution in [3.8, 4) is 28.7 Å². The average Bonchev–Trinajstić information content (AvgIpc) is 3.28. The van der Waals surface area contributed by atoms with Gasteiger partial charge in [0, 0.05) is 10.0 Å². The highest BCUT2D eigenvalue weighted by molar-refractivity contribution is 9.10. The molecule has 1 heterocycles. The second-order valence-corrected chi connectivity index (χ2v) is 8.47. The lowest BCUT2D eigenvalue weighted by Crippen LogP contribution is -2.10. The molecule has 0 spiro atoms. The van der Waals surface area contributed by atoms with Gasteiger partial charge in [-0.2, -0.15) is 0 Å². The summed E-state index contributed by atoms with van der Waals surface area (Å²) < 4.78 is 33.1. The van der Waals surface area contributed by atoms with E-state index in [2.05, 4.69) is 20.9 Å². The Morgan fingerprint density at radius 2 is 1.49 bits per heavy atom. The van der Waals surface area contributed by atoms with Gasteiger partial charge in [-0.3, -0.25) is 0 Å². The molecule has 0 saturated heterocycles. The highest BCUT2D eigenvalue weighted by atomic mass is 79.9. The van der Waals surface area contributed by atoms with E-state index >= 15 is 0 Å². The standard InChI is InChI=1S/C27H22BrNO8/c1-32-21-12-15(11-19-27(31)37-25(29-19)16-6-8-18(28)9-7-16)5-10-20(21)36-26(30)17-13-22(33-2)24(35-4)23(14-17)34-3/h5-14H,1-4H3/b19-11-. The van der Waals surface area contributed by atoms with E-state index in [0.717, 1.165) is 4.47 Å². The van der Waals surface area contributed by atoms with Crippen LogP contribution in [0.3, 0.4) is 0 Å². The van der Waals surface area contributed by atoms with Gasteiger partial charge in [0.2, 0.25) is 11.6 Å². The minimum Gasteiger partial charge on any atom is -0.493 e. The molecule has 0 fully saturated rings. The maximum absolute atomic E-state index is 12.9. The zero-order valence-electron chi connectivity index (χ0n) is 20.4. The molecule has 10 heteroatoms. The normalized spacial score (nSPS) is 13.6. The Hall–Kier alpha value is -4.31. The lowest BCUT2D eigenvalue weighted by atomic mass is 10.1. The lowest BCUT2D eigenvalue weighted by Gasteiger charge is -2.14. The number of aliphatic imine (C=N–C) groups is 1. The quantitative estimate of drug-likeness (QED) is 0.212. The van der Waals surface area contributed by atoms with Gasteiger partial charge in [-0.1, -0.05) is 22.0 Å². The summed E-state index contributed by atoms with van der Waals surface area (Å²) in [5, 5.41) is 0. The summed E-state index contributed by atoms with van der Waals surface area (Å²) in [5.41, 5.74) is 1.58. The molecule has 37 heavy (non-hydrogen) atoms. The SMILES string of the molecule is COc1cc(/C=C2\N=C(c3ccc(Br)cc3)OC2=O)ccc1OC(=O)c1cc(OC)c(OC)c(OC)c1. The van der Waals surface area contributed by atoms with E-state index in [1.54, 1.807) is 36.4 Å². The Morgan fingerprint density at radius 3 is 2.08 bits per heavy atom. The fraction of sp³-hybridized carbons (Fsp3) is 0.148. The van der Waals surface area contributed by atoms with Crippen LogP contribution in [0.4, 0.5) is 0 Å². The number of nitrogens with zero attached hydrogens (tertiary/aromatic N) is 1. The number of hydrogen-bond acceptors (Lipinski definition) is 9. The first-order chi connectivity index (χ1) is 17.9. The molecule has 0 atom stereocenters. The third kappa shape index (κ3) is 5.59. The van der Waals surface area contributed by atoms with Gasteiger partial charge >= 0.3 is 11.9 Å². The van der Waals surface area contributed by atoms with Gasteiger partial charge < -0.3 is 28.4 Å². The van der Waals surface area contributed by atoms with Gasteiger partial charge in [-0.05, 0) is 60.2 Å². The predicted molar refractivity (Wildman–Crippen MR) is 139 cm³/mol. The molecule has 3 aromatic carbocycles. The van der Waals surface area contributed by atoms with Crippen LogP contribution < -0.4 is 23.7 Å². The molecule has 0 N–H and O–H groups in total. The third-order valence-corrected chi connectivity index (χ3v) is 5.83. The zero-order valence-corrected chi connectivity index (χ0v) is 22.0. The van der Waals surface area contributed by atoms with Gasteiger partial charge in [0.1, 0.15) is 0 Å². The number of hydrogen-bond donors (Lipinski definition) is 0. The Bertz CT molecular complexity index is 1390. The van der Waals surface area contributed by atoms with Crippen LogP contribution in [0.25, 0.3) is 6.08 Å². The molecule has 0 radical (unpaired) electrons. The fourth-order valence-electron chi connectivity index (χ4n) is 3.50. The van der Waals surface area contributed by atoms with Crippen molar-refractivity contribution < 1.29 is 38.0 Å². The number of cyclic esters (lactones) is 1. The van der Waals surface area contributed by atoms with Crippen molar-refractivity contribution in [2.45, 2.75) is 0 Å². The number of carbonyl (C=O) groups is 2. The van der Waals surface area contributed by atoms with Crippen LogP contribution in [0.15, 0.2) is 69.8 Å². The number of ether oxygens (including phenoxy) is 6. The molecule has 0 bridgehead atoms. The summed E-state index contributed by atoms with van der Waals surface area (Å²) >= 11 is 3.37. The average molecular weight is 568 g/mol. The van der Waals surface area contributed by atoms with Gasteiger partial charge in [-0.15, -0.1) is 0 Å². The molecule has 4 rings (SSSR count). The van der Waals surface area contributed by atoms with E-state index in [0.29, 0.717) is 28.4 Å². The van der Waals surface area contributed by atoms with Crippen molar-refractivity contribution >= 4 is 39.8 Å². The van der Waals surface area contributed by atoms with Gasteiger partial charge in [0.05, 0.1) is 34.0 Å². The summed E-state index contributed by atoms with van der Waals surface area (Å²) in [6, 6.07) is 15.1. The molecule has 190 valence electrons. The van der Waals surface area contributed by atoms with Crippen LogP contribution in [0.2, 0.25) is 0 Å². The van der Waals surface area contributed by atoms with E-state index in [1.165, 1.54) is 40.6 Å². The highest BCUT2D eigenvalue weighted by Gasteiger charge is 2.24. The minimum atomic E-state index is -0.660. The maximum atomic E-state index is 12.9. The van der Waals surface area contributed by atoms with Crippen molar-refractivity contribution in [1.82, 2.24) is 0 Å². The van der Waals surface area contributed by atoms with Crippen molar-refractivity contribution in [3.05, 3.63) is 81.5 Å². The molecular weight excluding hydrogens is 546 g/mol. The molecule has 0 saturated carbocycles. The third-order valence-electron chi connectivity index (χ3n) is 5.31. The molecule has 1 aliphatic rings. The van der Waals surface area contributed by atoms with Crippen LogP contribution in [-0.4, -0.2) is 46.3 Å². The Kier molecular flexibility index (Phi) is 7.78. The van der Waals surface area contributed by atoms with Gasteiger partial charge in [0.25, 0.3) is 0 Å². The summed E-state index contributed by atoms with van der Waals surface area (Å²) in [6.45, 7) is 0. The smallest absolute Gasteiger partial charge is 0.363 e. The summed E-state index contributed by atoms with van der Waals surface area (Å²) in [7, 11) is 5.82. The van der Waals surface area contributed by atoms with E-state index in [9.17, 15) is 9.59 Å². The molecule has 3 aromatic rings. The van der Waals surface area contributed by atoms with E-state index in [4.69, 9.17) is 28.4 Å². The summed E-state index contributed by atoms with van der Waals surface area (Å²) in [5.74, 6) is 0.416. The van der Waals surface area contributed by atoms with Crippen LogP contribution in [0.5, 0.6) is 28.7 Å². The number of esters is 2. The monoisotopic (exact) mass is 567 g/mol. The minimum absolute atomic E-state index is 0.127. The molecular formula is C27H22BrNO8.